The molecule has 6 heterocycles. The van der Waals surface area contributed by atoms with E-state index in [1.54, 1.807) is 31.5 Å². The Bertz CT molecular complexity index is 1640. The van der Waals surface area contributed by atoms with Gasteiger partial charge < -0.3 is 20.1 Å². The van der Waals surface area contributed by atoms with Crippen LogP contribution < -0.4 is 15.6 Å². The molecule has 1 amide bonds. The molecular weight excluding hydrogens is 534 g/mol. The number of aromatic nitrogens is 5. The van der Waals surface area contributed by atoms with Crippen LogP contribution in [0.3, 0.4) is 0 Å². The summed E-state index contributed by atoms with van der Waals surface area (Å²) in [6.45, 7) is 3.98. The second-order valence-electron chi connectivity index (χ2n) is 10.0. The van der Waals surface area contributed by atoms with Gasteiger partial charge in [0.1, 0.15) is 11.4 Å². The molecule has 2 aliphatic heterocycles. The minimum absolute atomic E-state index is 0.0114. The van der Waals surface area contributed by atoms with Crippen molar-refractivity contribution in [2.24, 2.45) is 5.92 Å². The van der Waals surface area contributed by atoms with Crippen LogP contribution in [0.5, 0.6) is 0 Å². The highest BCUT2D eigenvalue weighted by molar-refractivity contribution is 7.08. The van der Waals surface area contributed by atoms with Gasteiger partial charge in [-0.05, 0) is 49.9 Å². The quantitative estimate of drug-likeness (QED) is 0.344. The van der Waals surface area contributed by atoms with Gasteiger partial charge in [0.05, 0.1) is 17.4 Å². The molecule has 0 bridgehead atoms. The molecule has 12 nitrogen and oxygen atoms in total. The van der Waals surface area contributed by atoms with Crippen molar-refractivity contribution < 1.29 is 19.4 Å². The Morgan fingerprint density at radius 1 is 1.25 bits per heavy atom. The van der Waals surface area contributed by atoms with Gasteiger partial charge in [-0.25, -0.2) is 9.78 Å². The predicted octanol–water partition coefficient (Wildman–Crippen LogP) is 2.43. The lowest BCUT2D eigenvalue weighted by atomic mass is 9.98. The van der Waals surface area contributed by atoms with Crippen LogP contribution in [0.1, 0.15) is 35.2 Å². The Kier molecular flexibility index (Phi) is 6.98. The number of nitrogens with zero attached hydrogens (tertiary/aromatic N) is 6. The lowest BCUT2D eigenvalue weighted by molar-refractivity contribution is -0.126. The van der Waals surface area contributed by atoms with Gasteiger partial charge in [0, 0.05) is 61.9 Å². The number of ether oxygens (including phenoxy) is 1. The van der Waals surface area contributed by atoms with Crippen molar-refractivity contribution >= 4 is 40.3 Å². The van der Waals surface area contributed by atoms with Gasteiger partial charge in [-0.3, -0.25) is 19.1 Å². The first-order valence-electron chi connectivity index (χ1n) is 13.1. The summed E-state index contributed by atoms with van der Waals surface area (Å²) in [5.74, 6) is -0.500. The number of fused-ring (bicyclic) bond motifs is 1. The summed E-state index contributed by atoms with van der Waals surface area (Å²) in [4.78, 5) is 53.2. The average molecular weight is 562 g/mol. The van der Waals surface area contributed by atoms with Crippen LogP contribution in [0.25, 0.3) is 27.6 Å². The maximum atomic E-state index is 13.2. The fourth-order valence-electron chi connectivity index (χ4n) is 5.02. The zero-order valence-corrected chi connectivity index (χ0v) is 22.6. The highest BCUT2D eigenvalue weighted by atomic mass is 32.1. The zero-order chi connectivity index (χ0) is 27.8. The molecule has 0 aromatic carbocycles. The molecule has 206 valence electrons. The maximum absolute atomic E-state index is 13.2. The van der Waals surface area contributed by atoms with Crippen LogP contribution in [0.15, 0.2) is 41.6 Å². The number of hydrogen-bond donors (Lipinski definition) is 2. The third-order valence-corrected chi connectivity index (χ3v) is 7.98. The van der Waals surface area contributed by atoms with Gasteiger partial charge in [0.15, 0.2) is 11.5 Å². The fraction of sp³-hybridized carbons (Fsp3) is 0.370. The predicted molar refractivity (Wildman–Crippen MR) is 148 cm³/mol. The molecule has 1 atom stereocenters. The lowest BCUT2D eigenvalue weighted by Crippen LogP contribution is -2.55. The Hall–Kier alpha value is -4.23. The highest BCUT2D eigenvalue weighted by Gasteiger charge is 2.34. The minimum atomic E-state index is -1.34. The molecule has 2 saturated heterocycles. The molecule has 0 spiro atoms. The van der Waals surface area contributed by atoms with E-state index >= 15 is 0 Å². The second kappa shape index (κ2) is 10.7. The van der Waals surface area contributed by atoms with Crippen molar-refractivity contribution in [3.05, 3.63) is 58.1 Å². The summed E-state index contributed by atoms with van der Waals surface area (Å²) in [6.07, 6.45) is 7.75. The van der Waals surface area contributed by atoms with Crippen LogP contribution in [0.4, 0.5) is 5.82 Å². The number of aryl methyl sites for hydroxylation is 1. The Labute approximate surface area is 232 Å². The van der Waals surface area contributed by atoms with Crippen LogP contribution in [0.2, 0.25) is 0 Å². The standard InChI is InChI=1S/C27H27N7O5S/c1-15-9-20(33-12-17(13-33)25(36)29-11-18-6-2-3-8-39-18)30-24-21(15)22(35)19(26(37)38)14-34(24)27-31-23(32-40-27)16-5-4-7-28-10-16/h4-5,7,9-10,14,17-18H,2-3,6,8,11-13H2,1H3,(H,29,36)(H,37,38). The third kappa shape index (κ3) is 4.93. The SMILES string of the molecule is Cc1cc(N2CC(C(=O)NCC3CCCCO3)C2)nc2c1c(=O)c(C(=O)O)cn2-c1nc(-c2cccnc2)ns1. The van der Waals surface area contributed by atoms with Gasteiger partial charge in [-0.1, -0.05) is 0 Å². The molecule has 13 heteroatoms. The van der Waals surface area contributed by atoms with Crippen molar-refractivity contribution in [2.75, 3.05) is 31.1 Å². The van der Waals surface area contributed by atoms with E-state index in [0.29, 0.717) is 47.5 Å². The summed E-state index contributed by atoms with van der Waals surface area (Å²) in [5, 5.41) is 13.3. The second-order valence-corrected chi connectivity index (χ2v) is 10.8. The molecule has 0 radical (unpaired) electrons. The first-order chi connectivity index (χ1) is 19.4. The van der Waals surface area contributed by atoms with E-state index < -0.39 is 11.4 Å². The average Bonchev–Trinajstić information content (AvgIpc) is 3.42. The molecule has 4 aromatic rings. The molecule has 1 unspecified atom stereocenters. The van der Waals surface area contributed by atoms with Gasteiger partial charge in [0.25, 0.3) is 0 Å². The van der Waals surface area contributed by atoms with Crippen molar-refractivity contribution in [1.29, 1.82) is 0 Å². The number of aromatic carboxylic acids is 1. The molecule has 0 aliphatic carbocycles. The van der Waals surface area contributed by atoms with Crippen LogP contribution >= 0.6 is 11.5 Å². The van der Waals surface area contributed by atoms with E-state index in [2.05, 4.69) is 19.7 Å². The summed E-state index contributed by atoms with van der Waals surface area (Å²) >= 11 is 1.06. The molecule has 4 aromatic heterocycles. The number of carboxylic acids is 1. The first kappa shape index (κ1) is 26.0. The monoisotopic (exact) mass is 561 g/mol. The maximum Gasteiger partial charge on any atom is 0.341 e. The Morgan fingerprint density at radius 3 is 2.83 bits per heavy atom. The van der Waals surface area contributed by atoms with Gasteiger partial charge in [-0.15, -0.1) is 0 Å². The van der Waals surface area contributed by atoms with Gasteiger partial charge >= 0.3 is 5.97 Å². The molecular formula is C27H27N7O5S. The summed E-state index contributed by atoms with van der Waals surface area (Å²) in [7, 11) is 0. The number of hydrogen-bond acceptors (Lipinski definition) is 10. The van der Waals surface area contributed by atoms with Crippen molar-refractivity contribution in [2.45, 2.75) is 32.3 Å². The van der Waals surface area contributed by atoms with Crippen molar-refractivity contribution in [3.63, 3.8) is 0 Å². The first-order valence-corrected chi connectivity index (χ1v) is 13.9. The van der Waals surface area contributed by atoms with Crippen molar-refractivity contribution in [1.82, 2.24) is 29.2 Å². The van der Waals surface area contributed by atoms with Gasteiger partial charge in [0.2, 0.25) is 16.5 Å². The van der Waals surface area contributed by atoms with E-state index in [-0.39, 0.29) is 34.5 Å². The summed E-state index contributed by atoms with van der Waals surface area (Å²) < 4.78 is 11.6. The molecule has 6 rings (SSSR count). The van der Waals surface area contributed by atoms with E-state index in [0.717, 1.165) is 37.4 Å². The van der Waals surface area contributed by atoms with E-state index in [1.807, 2.05) is 11.0 Å². The molecule has 2 N–H and O–H groups in total. The Morgan fingerprint density at radius 2 is 2.10 bits per heavy atom. The smallest absolute Gasteiger partial charge is 0.341 e. The number of rotatable bonds is 7. The van der Waals surface area contributed by atoms with Crippen molar-refractivity contribution in [3.8, 4) is 16.5 Å². The number of nitrogens with one attached hydrogen (secondary N) is 1. The van der Waals surface area contributed by atoms with E-state index in [9.17, 15) is 19.5 Å². The molecule has 0 saturated carbocycles. The minimum Gasteiger partial charge on any atom is -0.477 e. The zero-order valence-electron chi connectivity index (χ0n) is 21.7. The third-order valence-electron chi connectivity index (χ3n) is 7.27. The fourth-order valence-corrected chi connectivity index (χ4v) is 5.69. The molecule has 40 heavy (non-hydrogen) atoms. The molecule has 2 aliphatic rings. The normalized spacial score (nSPS) is 17.5. The number of carbonyl (C=O) groups is 2. The van der Waals surface area contributed by atoms with Crippen LogP contribution in [-0.4, -0.2) is 73.2 Å². The number of carboxylic acid groups (broad SMARTS) is 1. The van der Waals surface area contributed by atoms with Gasteiger partial charge in [-0.2, -0.15) is 9.36 Å². The van der Waals surface area contributed by atoms with Crippen LogP contribution in [-0.2, 0) is 9.53 Å². The summed E-state index contributed by atoms with van der Waals surface area (Å²) in [6, 6.07) is 5.35. The largest absolute Gasteiger partial charge is 0.477 e. The topological polar surface area (TPSA) is 152 Å². The number of carbonyl (C=O) groups excluding carboxylic acids is 1. The van der Waals surface area contributed by atoms with E-state index in [1.165, 1.54) is 10.8 Å². The molecule has 2 fully saturated rings. The number of anilines is 1. The van der Waals surface area contributed by atoms with E-state index in [4.69, 9.17) is 9.72 Å². The number of amides is 1. The van der Waals surface area contributed by atoms with Crippen LogP contribution in [0, 0.1) is 12.8 Å². The Balaban J connectivity index is 1.29. The number of pyridine rings is 3. The highest BCUT2D eigenvalue weighted by Crippen LogP contribution is 2.29. The summed E-state index contributed by atoms with van der Waals surface area (Å²) in [5.41, 5.74) is 0.574. The lowest BCUT2D eigenvalue weighted by Gasteiger charge is -2.39.